The van der Waals surface area contributed by atoms with Gasteiger partial charge in [-0.05, 0) is 80.7 Å². The van der Waals surface area contributed by atoms with Gasteiger partial charge < -0.3 is 15.6 Å². The summed E-state index contributed by atoms with van der Waals surface area (Å²) >= 11 is 0. The first kappa shape index (κ1) is 17.5. The second kappa shape index (κ2) is 5.70. The van der Waals surface area contributed by atoms with Gasteiger partial charge in [0.25, 0.3) is 0 Å². The van der Waals surface area contributed by atoms with Crippen LogP contribution >= 0.6 is 0 Å². The zero-order chi connectivity index (χ0) is 18.9. The van der Waals surface area contributed by atoms with Crippen molar-refractivity contribution >= 4 is 0 Å². The van der Waals surface area contributed by atoms with Crippen molar-refractivity contribution in [2.45, 2.75) is 67.5 Å². The molecule has 1 saturated heterocycles. The molecule has 3 aliphatic carbocycles. The molecule has 5 heteroatoms. The molecule has 1 aromatic carbocycles. The molecule has 27 heavy (non-hydrogen) atoms. The second-order valence-electron chi connectivity index (χ2n) is 9.38. The Morgan fingerprint density at radius 3 is 2.85 bits per heavy atom. The summed E-state index contributed by atoms with van der Waals surface area (Å²) in [4.78, 5) is 2.54. The summed E-state index contributed by atoms with van der Waals surface area (Å²) < 4.78 is 5.50. The Kier molecular flexibility index (Phi) is 3.69. The predicted molar refractivity (Wildman–Crippen MR) is 102 cm³/mol. The number of likely N-dealkylation sites (tertiary alicyclic amines) is 1. The highest BCUT2D eigenvalue weighted by molar-refractivity contribution is 5.49. The molecule has 4 atom stereocenters. The Morgan fingerprint density at radius 1 is 1.33 bits per heavy atom. The minimum atomic E-state index is -0.868. The van der Waals surface area contributed by atoms with Crippen LogP contribution in [0.1, 0.15) is 49.7 Å². The molecule has 5 nitrogen and oxygen atoms in total. The number of piperidine rings is 1. The van der Waals surface area contributed by atoms with Gasteiger partial charge in [-0.1, -0.05) is 6.07 Å². The number of hydrogen-bond donors (Lipinski definition) is 2. The van der Waals surface area contributed by atoms with Crippen LogP contribution in [0.2, 0.25) is 0 Å². The first-order valence-corrected chi connectivity index (χ1v) is 10.3. The Morgan fingerprint density at radius 2 is 2.15 bits per heavy atom. The van der Waals surface area contributed by atoms with Crippen LogP contribution < -0.4 is 10.5 Å². The van der Waals surface area contributed by atoms with Crippen molar-refractivity contribution < 1.29 is 9.84 Å². The molecule has 0 aromatic heterocycles. The number of ether oxygens (including phenoxy) is 1. The Bertz CT molecular complexity index is 816. The molecule has 0 amide bonds. The maximum atomic E-state index is 12.2. The summed E-state index contributed by atoms with van der Waals surface area (Å²) in [5.41, 5.74) is 6.80. The highest BCUT2D eigenvalue weighted by Gasteiger charge is 2.66. The fourth-order valence-corrected chi connectivity index (χ4v) is 6.24. The molecule has 144 valence electrons. The van der Waals surface area contributed by atoms with Gasteiger partial charge in [-0.25, -0.2) is 0 Å². The molecule has 1 aromatic rings. The fourth-order valence-electron chi connectivity index (χ4n) is 6.24. The highest BCUT2D eigenvalue weighted by atomic mass is 16.5. The predicted octanol–water partition coefficient (Wildman–Crippen LogP) is 2.11. The summed E-state index contributed by atoms with van der Waals surface area (Å²) in [5.74, 6) is 1.61. The quantitative estimate of drug-likeness (QED) is 0.855. The smallest absolute Gasteiger partial charge is 0.119 e. The molecule has 0 spiro atoms. The molecule has 0 unspecified atom stereocenters. The van der Waals surface area contributed by atoms with Crippen molar-refractivity contribution in [2.24, 2.45) is 11.7 Å². The molecule has 4 aliphatic rings. The highest BCUT2D eigenvalue weighted by Crippen LogP contribution is 2.60. The number of hydrogen-bond acceptors (Lipinski definition) is 5. The lowest BCUT2D eigenvalue weighted by Gasteiger charge is -2.65. The van der Waals surface area contributed by atoms with E-state index in [2.05, 4.69) is 23.1 Å². The fraction of sp³-hybridized carbons (Fsp3) is 0.682. The van der Waals surface area contributed by atoms with E-state index in [0.29, 0.717) is 19.3 Å². The van der Waals surface area contributed by atoms with Gasteiger partial charge in [0.05, 0.1) is 18.8 Å². The number of nitrogens with zero attached hydrogens (tertiary/aromatic N) is 2. The number of nitrogens with two attached hydrogens (primary N) is 1. The number of benzene rings is 1. The normalized spacial score (nSPS) is 40.6. The van der Waals surface area contributed by atoms with E-state index in [9.17, 15) is 10.4 Å². The molecule has 2 saturated carbocycles. The summed E-state index contributed by atoms with van der Waals surface area (Å²) in [6.07, 6.45) is 6.05. The largest absolute Gasteiger partial charge is 0.497 e. The van der Waals surface area contributed by atoms with E-state index < -0.39 is 16.6 Å². The van der Waals surface area contributed by atoms with Gasteiger partial charge in [0.2, 0.25) is 0 Å². The maximum Gasteiger partial charge on any atom is 0.119 e. The van der Waals surface area contributed by atoms with Crippen LogP contribution in [0.25, 0.3) is 0 Å². The molecular weight excluding hydrogens is 338 g/mol. The van der Waals surface area contributed by atoms with Gasteiger partial charge in [0.1, 0.15) is 11.3 Å². The van der Waals surface area contributed by atoms with Crippen molar-refractivity contribution in [3.63, 3.8) is 0 Å². The third-order valence-corrected chi connectivity index (χ3v) is 7.87. The minimum Gasteiger partial charge on any atom is -0.497 e. The number of fused-ring (bicyclic) bond motifs is 1. The van der Waals surface area contributed by atoms with E-state index in [0.717, 1.165) is 43.2 Å². The number of methoxy groups -OCH3 is 1. The number of rotatable bonds is 3. The van der Waals surface area contributed by atoms with Crippen LogP contribution in [0.15, 0.2) is 18.2 Å². The first-order chi connectivity index (χ1) is 12.9. The molecule has 2 bridgehead atoms. The van der Waals surface area contributed by atoms with Crippen LogP contribution in [0, 0.1) is 17.2 Å². The van der Waals surface area contributed by atoms with E-state index in [-0.39, 0.29) is 6.04 Å². The van der Waals surface area contributed by atoms with Crippen LogP contribution in [0.5, 0.6) is 5.75 Å². The molecule has 0 radical (unpaired) electrons. The maximum absolute atomic E-state index is 12.2. The molecular formula is C22H29N3O2. The van der Waals surface area contributed by atoms with Crippen LogP contribution in [-0.2, 0) is 11.8 Å². The molecule has 1 heterocycles. The second-order valence-corrected chi connectivity index (χ2v) is 9.38. The van der Waals surface area contributed by atoms with Crippen LogP contribution in [0.3, 0.4) is 0 Å². The lowest BCUT2D eigenvalue weighted by Crippen LogP contribution is -2.75. The van der Waals surface area contributed by atoms with Gasteiger partial charge in [0, 0.05) is 18.0 Å². The topological polar surface area (TPSA) is 82.5 Å². The number of nitriles is 1. The van der Waals surface area contributed by atoms with Gasteiger partial charge in [-0.3, -0.25) is 4.90 Å². The minimum absolute atomic E-state index is 0.121. The van der Waals surface area contributed by atoms with Gasteiger partial charge >= 0.3 is 0 Å². The summed E-state index contributed by atoms with van der Waals surface area (Å²) in [5, 5.41) is 21.9. The van der Waals surface area contributed by atoms with E-state index in [1.54, 1.807) is 7.11 Å². The Balaban J connectivity index is 1.65. The van der Waals surface area contributed by atoms with Gasteiger partial charge in [0.15, 0.2) is 0 Å². The monoisotopic (exact) mass is 367 g/mol. The van der Waals surface area contributed by atoms with Crippen molar-refractivity contribution in [3.8, 4) is 11.8 Å². The van der Waals surface area contributed by atoms with Gasteiger partial charge in [-0.15, -0.1) is 0 Å². The van der Waals surface area contributed by atoms with Gasteiger partial charge in [-0.2, -0.15) is 5.26 Å². The Labute approximate surface area is 161 Å². The van der Waals surface area contributed by atoms with E-state index in [1.807, 2.05) is 6.07 Å². The standard InChI is InChI=1S/C22H29N3O2/c1-27-17-5-4-16-10-19-22(26)7-6-20(24,14-23)13-21(22,18(16)11-17)8-9-25(19)12-15-2-3-15/h4-5,11,15,19,26H,2-3,6-10,12-13,24H2,1H3/t19-,20+,21-,22-/m1/s1. The molecule has 3 fully saturated rings. The zero-order valence-corrected chi connectivity index (χ0v) is 16.1. The summed E-state index contributed by atoms with van der Waals surface area (Å²) in [6, 6.07) is 8.75. The molecule has 3 N–H and O–H groups in total. The zero-order valence-electron chi connectivity index (χ0n) is 16.1. The third kappa shape index (κ3) is 2.40. The van der Waals surface area contributed by atoms with Crippen LogP contribution in [-0.4, -0.2) is 47.4 Å². The molecule has 1 aliphatic heterocycles. The van der Waals surface area contributed by atoms with E-state index >= 15 is 0 Å². The summed E-state index contributed by atoms with van der Waals surface area (Å²) in [7, 11) is 1.68. The third-order valence-electron chi connectivity index (χ3n) is 7.87. The Hall–Kier alpha value is -1.61. The van der Waals surface area contributed by atoms with E-state index in [4.69, 9.17) is 10.5 Å². The van der Waals surface area contributed by atoms with Crippen LogP contribution in [0.4, 0.5) is 0 Å². The van der Waals surface area contributed by atoms with E-state index in [1.165, 1.54) is 18.4 Å². The average molecular weight is 367 g/mol. The number of aliphatic hydroxyl groups is 1. The van der Waals surface area contributed by atoms with Crippen molar-refractivity contribution in [1.82, 2.24) is 4.90 Å². The van der Waals surface area contributed by atoms with Crippen molar-refractivity contribution in [1.29, 1.82) is 5.26 Å². The SMILES string of the molecule is COc1ccc2c(c1)[C@]13CCN(CC4CC4)[C@H](C2)[C@]1(O)CC[C@@](N)(C#N)C3. The first-order valence-electron chi connectivity index (χ1n) is 10.3. The summed E-state index contributed by atoms with van der Waals surface area (Å²) in [6.45, 7) is 2.07. The average Bonchev–Trinajstić information content (AvgIpc) is 3.49. The molecule has 5 rings (SSSR count). The van der Waals surface area contributed by atoms with Crippen molar-refractivity contribution in [2.75, 3.05) is 20.2 Å². The lowest BCUT2D eigenvalue weighted by molar-refractivity contribution is -0.173. The lowest BCUT2D eigenvalue weighted by atomic mass is 9.47. The van der Waals surface area contributed by atoms with Crippen molar-refractivity contribution in [3.05, 3.63) is 29.3 Å².